The molecule has 1 N–H and O–H groups in total. The molecule has 1 saturated heterocycles. The lowest BCUT2D eigenvalue weighted by Gasteiger charge is -2.26. The van der Waals surface area contributed by atoms with Crippen LogP contribution in [0.15, 0.2) is 4.42 Å². The topological polar surface area (TPSA) is 98.8 Å². The SMILES string of the molecule is Cc1oc(NC(=O)C(C)N2CCCN(C(=O)OCC(C)C)CC2)c(C#N)c1C. The van der Waals surface area contributed by atoms with E-state index in [0.29, 0.717) is 50.0 Å². The van der Waals surface area contributed by atoms with Gasteiger partial charge in [0.1, 0.15) is 17.4 Å². The van der Waals surface area contributed by atoms with Gasteiger partial charge in [-0.1, -0.05) is 13.8 Å². The number of aryl methyl sites for hydroxylation is 1. The fourth-order valence-electron chi connectivity index (χ4n) is 3.07. The number of nitrogens with zero attached hydrogens (tertiary/aromatic N) is 3. The van der Waals surface area contributed by atoms with E-state index in [1.165, 1.54) is 0 Å². The second-order valence-electron chi connectivity index (χ2n) is 7.61. The summed E-state index contributed by atoms with van der Waals surface area (Å²) in [5.41, 5.74) is 1.09. The van der Waals surface area contributed by atoms with Crippen molar-refractivity contribution >= 4 is 17.9 Å². The van der Waals surface area contributed by atoms with Crippen LogP contribution in [-0.4, -0.2) is 60.6 Å². The molecular formula is C20H30N4O4. The molecule has 1 fully saturated rings. The van der Waals surface area contributed by atoms with Crippen LogP contribution in [0.3, 0.4) is 0 Å². The molecule has 0 spiro atoms. The minimum absolute atomic E-state index is 0.197. The molecule has 8 heteroatoms. The van der Waals surface area contributed by atoms with E-state index in [2.05, 4.69) is 11.4 Å². The van der Waals surface area contributed by atoms with Gasteiger partial charge in [0.25, 0.3) is 0 Å². The second kappa shape index (κ2) is 9.60. The van der Waals surface area contributed by atoms with E-state index < -0.39 is 6.04 Å². The molecule has 1 atom stereocenters. The summed E-state index contributed by atoms with van der Waals surface area (Å²) >= 11 is 0. The van der Waals surface area contributed by atoms with Crippen LogP contribution in [0.2, 0.25) is 0 Å². The van der Waals surface area contributed by atoms with Crippen molar-refractivity contribution in [1.82, 2.24) is 9.80 Å². The van der Waals surface area contributed by atoms with Gasteiger partial charge in [0.15, 0.2) is 0 Å². The van der Waals surface area contributed by atoms with Gasteiger partial charge in [-0.15, -0.1) is 0 Å². The molecule has 0 aliphatic carbocycles. The molecule has 2 amide bonds. The van der Waals surface area contributed by atoms with Crippen molar-refractivity contribution in [1.29, 1.82) is 5.26 Å². The first-order valence-corrected chi connectivity index (χ1v) is 9.71. The molecular weight excluding hydrogens is 360 g/mol. The molecule has 0 bridgehead atoms. The maximum Gasteiger partial charge on any atom is 0.409 e. The molecule has 0 radical (unpaired) electrons. The van der Waals surface area contributed by atoms with E-state index in [1.54, 1.807) is 18.7 Å². The van der Waals surface area contributed by atoms with Crippen LogP contribution in [-0.2, 0) is 9.53 Å². The molecule has 28 heavy (non-hydrogen) atoms. The van der Waals surface area contributed by atoms with E-state index in [0.717, 1.165) is 12.0 Å². The first kappa shape index (κ1) is 21.8. The van der Waals surface area contributed by atoms with Crippen LogP contribution in [0.1, 0.15) is 44.1 Å². The Hall–Kier alpha value is -2.53. The Morgan fingerprint density at radius 3 is 2.57 bits per heavy atom. The normalized spacial score (nSPS) is 16.4. The summed E-state index contributed by atoms with van der Waals surface area (Å²) in [4.78, 5) is 28.6. The standard InChI is InChI=1S/C20H30N4O4/c1-13(2)12-27-20(26)24-8-6-7-23(9-10-24)15(4)18(25)22-19-17(11-21)14(3)16(5)28-19/h13,15H,6-10,12H2,1-5H3,(H,22,25). The van der Waals surface area contributed by atoms with Crippen molar-refractivity contribution in [2.75, 3.05) is 38.1 Å². The Bertz CT molecular complexity index is 750. The van der Waals surface area contributed by atoms with Gasteiger partial charge in [0.2, 0.25) is 11.8 Å². The molecule has 1 unspecified atom stereocenters. The average Bonchev–Trinajstić information content (AvgIpc) is 2.83. The first-order valence-electron chi connectivity index (χ1n) is 9.71. The zero-order valence-corrected chi connectivity index (χ0v) is 17.4. The van der Waals surface area contributed by atoms with E-state index in [1.807, 2.05) is 25.7 Å². The lowest BCUT2D eigenvalue weighted by molar-refractivity contribution is -0.120. The van der Waals surface area contributed by atoms with E-state index in [-0.39, 0.29) is 17.9 Å². The highest BCUT2D eigenvalue weighted by Gasteiger charge is 2.27. The average molecular weight is 390 g/mol. The molecule has 154 valence electrons. The Balaban J connectivity index is 1.94. The van der Waals surface area contributed by atoms with Crippen molar-refractivity contribution in [3.63, 3.8) is 0 Å². The van der Waals surface area contributed by atoms with Gasteiger partial charge >= 0.3 is 6.09 Å². The Morgan fingerprint density at radius 2 is 1.93 bits per heavy atom. The van der Waals surface area contributed by atoms with Crippen molar-refractivity contribution in [3.8, 4) is 6.07 Å². The van der Waals surface area contributed by atoms with Crippen LogP contribution < -0.4 is 5.32 Å². The predicted octanol–water partition coefficient (Wildman–Crippen LogP) is 2.90. The lowest BCUT2D eigenvalue weighted by Crippen LogP contribution is -2.44. The molecule has 0 aromatic carbocycles. The van der Waals surface area contributed by atoms with Crippen LogP contribution >= 0.6 is 0 Å². The summed E-state index contributed by atoms with van der Waals surface area (Å²) in [6.45, 7) is 12.2. The molecule has 1 aromatic heterocycles. The fraction of sp³-hybridized carbons (Fsp3) is 0.650. The quantitative estimate of drug-likeness (QED) is 0.830. The summed E-state index contributed by atoms with van der Waals surface area (Å²) in [6, 6.07) is 1.66. The number of amides is 2. The molecule has 1 aromatic rings. The molecule has 1 aliphatic heterocycles. The van der Waals surface area contributed by atoms with E-state index in [4.69, 9.17) is 9.15 Å². The molecule has 1 aliphatic rings. The number of carbonyl (C=O) groups is 2. The Kier molecular flexibility index (Phi) is 7.46. The highest BCUT2D eigenvalue weighted by molar-refractivity contribution is 5.94. The fourth-order valence-corrected chi connectivity index (χ4v) is 3.07. The van der Waals surface area contributed by atoms with Gasteiger partial charge in [-0.2, -0.15) is 5.26 Å². The van der Waals surface area contributed by atoms with Gasteiger partial charge in [0, 0.05) is 31.7 Å². The number of hydrogen-bond donors (Lipinski definition) is 1. The molecule has 0 saturated carbocycles. The summed E-state index contributed by atoms with van der Waals surface area (Å²) in [5.74, 6) is 0.872. The number of hydrogen-bond acceptors (Lipinski definition) is 6. The van der Waals surface area contributed by atoms with Gasteiger partial charge < -0.3 is 14.1 Å². The summed E-state index contributed by atoms with van der Waals surface area (Å²) in [7, 11) is 0. The van der Waals surface area contributed by atoms with Crippen molar-refractivity contribution in [2.45, 2.75) is 47.1 Å². The second-order valence-corrected chi connectivity index (χ2v) is 7.61. The molecule has 8 nitrogen and oxygen atoms in total. The zero-order chi connectivity index (χ0) is 20.8. The summed E-state index contributed by atoms with van der Waals surface area (Å²) < 4.78 is 10.8. The van der Waals surface area contributed by atoms with Gasteiger partial charge in [-0.25, -0.2) is 4.79 Å². The third-order valence-corrected chi connectivity index (χ3v) is 4.99. The maximum atomic E-state index is 12.7. The molecule has 2 rings (SSSR count). The largest absolute Gasteiger partial charge is 0.449 e. The van der Waals surface area contributed by atoms with Crippen molar-refractivity contribution in [2.24, 2.45) is 5.92 Å². The van der Waals surface area contributed by atoms with E-state index in [9.17, 15) is 14.9 Å². The number of carbonyl (C=O) groups excluding carboxylic acids is 2. The highest BCUT2D eigenvalue weighted by Crippen LogP contribution is 2.25. The van der Waals surface area contributed by atoms with Crippen LogP contribution in [0.5, 0.6) is 0 Å². The van der Waals surface area contributed by atoms with Crippen LogP contribution in [0, 0.1) is 31.1 Å². The van der Waals surface area contributed by atoms with Crippen molar-refractivity contribution in [3.05, 3.63) is 16.9 Å². The summed E-state index contributed by atoms with van der Waals surface area (Å²) in [6.07, 6.45) is 0.462. The van der Waals surface area contributed by atoms with Gasteiger partial charge in [0.05, 0.1) is 12.6 Å². The van der Waals surface area contributed by atoms with Crippen LogP contribution in [0.4, 0.5) is 10.7 Å². The van der Waals surface area contributed by atoms with E-state index >= 15 is 0 Å². The number of nitrogens with one attached hydrogen (secondary N) is 1. The van der Waals surface area contributed by atoms with Crippen LogP contribution in [0.25, 0.3) is 0 Å². The number of furan rings is 1. The smallest absolute Gasteiger partial charge is 0.409 e. The van der Waals surface area contributed by atoms with Gasteiger partial charge in [-0.05, 0) is 33.1 Å². The lowest BCUT2D eigenvalue weighted by atomic mass is 10.2. The van der Waals surface area contributed by atoms with Gasteiger partial charge in [-0.3, -0.25) is 15.0 Å². The molecule has 2 heterocycles. The minimum atomic E-state index is -0.413. The zero-order valence-electron chi connectivity index (χ0n) is 17.4. The number of anilines is 1. The third-order valence-electron chi connectivity index (χ3n) is 4.99. The Labute approximate surface area is 166 Å². The minimum Gasteiger partial charge on any atom is -0.449 e. The Morgan fingerprint density at radius 1 is 1.21 bits per heavy atom. The predicted molar refractivity (Wildman–Crippen MR) is 105 cm³/mol. The highest BCUT2D eigenvalue weighted by atomic mass is 16.6. The number of nitriles is 1. The maximum absolute atomic E-state index is 12.7. The van der Waals surface area contributed by atoms with Crippen molar-refractivity contribution < 1.29 is 18.7 Å². The monoisotopic (exact) mass is 390 g/mol. The summed E-state index contributed by atoms with van der Waals surface area (Å²) in [5, 5.41) is 12.0. The number of ether oxygens (including phenoxy) is 1. The first-order chi connectivity index (χ1) is 13.2. The third kappa shape index (κ3) is 5.26. The number of rotatable bonds is 5.